The summed E-state index contributed by atoms with van der Waals surface area (Å²) in [6.07, 6.45) is 0.330. The highest BCUT2D eigenvalue weighted by molar-refractivity contribution is 6.39. The van der Waals surface area contributed by atoms with Gasteiger partial charge < -0.3 is 4.74 Å². The molecule has 1 aromatic carbocycles. The fourth-order valence-electron chi connectivity index (χ4n) is 2.64. The lowest BCUT2D eigenvalue weighted by Crippen LogP contribution is -2.41. The van der Waals surface area contributed by atoms with Crippen molar-refractivity contribution in [2.45, 2.75) is 25.7 Å². The maximum atomic E-state index is 12.3. The molecule has 2 rings (SSSR count). The zero-order valence-electron chi connectivity index (χ0n) is 11.2. The van der Waals surface area contributed by atoms with Crippen LogP contribution in [0.2, 0.25) is 0 Å². The van der Waals surface area contributed by atoms with Crippen LogP contribution in [-0.2, 0) is 19.7 Å². The summed E-state index contributed by atoms with van der Waals surface area (Å²) in [5.74, 6) is -2.92. The predicted octanol–water partition coefficient (Wildman–Crippen LogP) is 1.91. The van der Waals surface area contributed by atoms with E-state index in [1.54, 1.807) is 12.1 Å². The number of fused-ring (bicyclic) bond motifs is 1. The lowest BCUT2D eigenvalue weighted by molar-refractivity contribution is -0.153. The summed E-state index contributed by atoms with van der Waals surface area (Å²) in [7, 11) is 1.15. The van der Waals surface area contributed by atoms with Gasteiger partial charge in [0.15, 0.2) is 5.78 Å². The van der Waals surface area contributed by atoms with Gasteiger partial charge in [-0.3, -0.25) is 9.59 Å². The molecule has 0 spiro atoms. The first-order valence-electron chi connectivity index (χ1n) is 6.14. The van der Waals surface area contributed by atoms with Crippen LogP contribution in [0.1, 0.15) is 36.2 Å². The lowest BCUT2D eigenvalue weighted by atomic mass is 9.67. The van der Waals surface area contributed by atoms with Crippen molar-refractivity contribution >= 4 is 17.5 Å². The topological polar surface area (TPSA) is 60.4 Å². The van der Waals surface area contributed by atoms with E-state index < -0.39 is 17.7 Å². The highest BCUT2D eigenvalue weighted by Crippen LogP contribution is 2.39. The summed E-state index contributed by atoms with van der Waals surface area (Å²) < 4.78 is 4.43. The SMILES string of the molecule is COC(=O)C(=O)C1CC(C)(C)c2ccccc2C1=O. The Hall–Kier alpha value is -1.97. The number of hydrogen-bond donors (Lipinski definition) is 0. The van der Waals surface area contributed by atoms with Crippen molar-refractivity contribution in [1.82, 2.24) is 0 Å². The number of carbonyl (C=O) groups is 3. The van der Waals surface area contributed by atoms with Gasteiger partial charge >= 0.3 is 5.97 Å². The van der Waals surface area contributed by atoms with Gasteiger partial charge in [0.05, 0.1) is 13.0 Å². The van der Waals surface area contributed by atoms with Crippen LogP contribution in [0.5, 0.6) is 0 Å². The zero-order valence-corrected chi connectivity index (χ0v) is 11.2. The highest BCUT2D eigenvalue weighted by atomic mass is 16.5. The quantitative estimate of drug-likeness (QED) is 0.463. The summed E-state index contributed by atoms with van der Waals surface area (Å²) in [4.78, 5) is 35.6. The van der Waals surface area contributed by atoms with Gasteiger partial charge in [0.1, 0.15) is 0 Å². The number of benzene rings is 1. The molecule has 1 aliphatic rings. The Morgan fingerprint density at radius 3 is 2.53 bits per heavy atom. The van der Waals surface area contributed by atoms with Gasteiger partial charge in [0.2, 0.25) is 0 Å². The molecule has 1 aliphatic carbocycles. The maximum absolute atomic E-state index is 12.3. The second-order valence-corrected chi connectivity index (χ2v) is 5.41. The monoisotopic (exact) mass is 260 g/mol. The molecule has 4 nitrogen and oxygen atoms in total. The molecule has 0 N–H and O–H groups in total. The lowest BCUT2D eigenvalue weighted by Gasteiger charge is -2.35. The Kier molecular flexibility index (Phi) is 3.27. The Morgan fingerprint density at radius 2 is 1.89 bits per heavy atom. The van der Waals surface area contributed by atoms with Crippen LogP contribution in [0, 0.1) is 5.92 Å². The Morgan fingerprint density at radius 1 is 1.26 bits per heavy atom. The minimum absolute atomic E-state index is 0.287. The molecule has 0 heterocycles. The predicted molar refractivity (Wildman–Crippen MR) is 68.9 cm³/mol. The summed E-state index contributed by atoms with van der Waals surface area (Å²) in [6, 6.07) is 7.23. The molecule has 19 heavy (non-hydrogen) atoms. The molecule has 0 saturated heterocycles. The second kappa shape index (κ2) is 4.61. The summed E-state index contributed by atoms with van der Waals surface area (Å²) in [5.41, 5.74) is 1.13. The third-order valence-corrected chi connectivity index (χ3v) is 3.66. The van der Waals surface area contributed by atoms with Crippen molar-refractivity contribution in [2.24, 2.45) is 5.92 Å². The van der Waals surface area contributed by atoms with Crippen molar-refractivity contribution in [3.63, 3.8) is 0 Å². The maximum Gasteiger partial charge on any atom is 0.375 e. The molecule has 1 atom stereocenters. The van der Waals surface area contributed by atoms with Gasteiger partial charge in [-0.05, 0) is 17.4 Å². The molecule has 0 amide bonds. The van der Waals surface area contributed by atoms with Crippen molar-refractivity contribution < 1.29 is 19.1 Å². The number of Topliss-reactive ketones (excluding diaryl/α,β-unsaturated/α-hetero) is 2. The first-order valence-corrected chi connectivity index (χ1v) is 6.14. The Balaban J connectivity index is 2.46. The molecule has 1 unspecified atom stereocenters. The average Bonchev–Trinajstić information content (AvgIpc) is 2.41. The van der Waals surface area contributed by atoms with Gasteiger partial charge in [0, 0.05) is 5.56 Å². The molecule has 0 aliphatic heterocycles. The first kappa shape index (κ1) is 13.5. The van der Waals surface area contributed by atoms with Crippen LogP contribution in [0.15, 0.2) is 24.3 Å². The Labute approximate surface area is 111 Å². The summed E-state index contributed by atoms with van der Waals surface area (Å²) >= 11 is 0. The molecule has 0 fully saturated rings. The van der Waals surface area contributed by atoms with Crippen LogP contribution in [0.4, 0.5) is 0 Å². The number of ketones is 2. The molecule has 0 radical (unpaired) electrons. The van der Waals surface area contributed by atoms with Crippen LogP contribution in [0.25, 0.3) is 0 Å². The van der Waals surface area contributed by atoms with E-state index in [0.717, 1.165) is 12.7 Å². The van der Waals surface area contributed by atoms with Gasteiger partial charge in [-0.15, -0.1) is 0 Å². The Bertz CT molecular complexity index is 557. The van der Waals surface area contributed by atoms with Crippen LogP contribution in [0.3, 0.4) is 0 Å². The number of ether oxygens (including phenoxy) is 1. The van der Waals surface area contributed by atoms with Crippen molar-refractivity contribution in [1.29, 1.82) is 0 Å². The third-order valence-electron chi connectivity index (χ3n) is 3.66. The van der Waals surface area contributed by atoms with Gasteiger partial charge in [-0.1, -0.05) is 38.1 Å². The normalized spacial score (nSPS) is 20.6. The fourth-order valence-corrected chi connectivity index (χ4v) is 2.64. The van der Waals surface area contributed by atoms with Crippen LogP contribution in [-0.4, -0.2) is 24.6 Å². The van der Waals surface area contributed by atoms with Gasteiger partial charge in [-0.2, -0.15) is 0 Å². The molecule has 0 bridgehead atoms. The first-order chi connectivity index (χ1) is 8.88. The van der Waals surface area contributed by atoms with Crippen molar-refractivity contribution in [3.05, 3.63) is 35.4 Å². The van der Waals surface area contributed by atoms with E-state index in [4.69, 9.17) is 0 Å². The van der Waals surface area contributed by atoms with E-state index in [-0.39, 0.29) is 11.2 Å². The smallest absolute Gasteiger partial charge is 0.375 e. The summed E-state index contributed by atoms with van der Waals surface area (Å²) in [6.45, 7) is 3.94. The molecule has 1 aromatic rings. The molecule has 0 saturated carbocycles. The standard InChI is InChI=1S/C15H16O4/c1-15(2)8-10(13(17)14(18)19-3)12(16)9-6-4-5-7-11(9)15/h4-7,10H,8H2,1-3H3. The van der Waals surface area contributed by atoms with Crippen molar-refractivity contribution in [2.75, 3.05) is 7.11 Å². The van der Waals surface area contributed by atoms with E-state index in [0.29, 0.717) is 12.0 Å². The molecule has 100 valence electrons. The number of carbonyl (C=O) groups excluding carboxylic acids is 3. The number of rotatable bonds is 2. The molecule has 0 aromatic heterocycles. The number of esters is 1. The van der Waals surface area contributed by atoms with Crippen LogP contribution >= 0.6 is 0 Å². The minimum Gasteiger partial charge on any atom is -0.463 e. The van der Waals surface area contributed by atoms with E-state index in [1.807, 2.05) is 26.0 Å². The van der Waals surface area contributed by atoms with E-state index >= 15 is 0 Å². The second-order valence-electron chi connectivity index (χ2n) is 5.41. The minimum atomic E-state index is -0.950. The molecule has 4 heteroatoms. The molecular formula is C15H16O4. The summed E-state index contributed by atoms with van der Waals surface area (Å²) in [5, 5.41) is 0. The fraction of sp³-hybridized carbons (Fsp3) is 0.400. The average molecular weight is 260 g/mol. The van der Waals surface area contributed by atoms with E-state index in [1.165, 1.54) is 0 Å². The number of hydrogen-bond acceptors (Lipinski definition) is 4. The third kappa shape index (κ3) is 2.18. The van der Waals surface area contributed by atoms with Gasteiger partial charge in [0.25, 0.3) is 5.78 Å². The highest BCUT2D eigenvalue weighted by Gasteiger charge is 2.43. The van der Waals surface area contributed by atoms with Gasteiger partial charge in [-0.25, -0.2) is 4.79 Å². The number of methoxy groups -OCH3 is 1. The van der Waals surface area contributed by atoms with E-state index in [2.05, 4.69) is 4.74 Å². The zero-order chi connectivity index (χ0) is 14.2. The largest absolute Gasteiger partial charge is 0.463 e. The van der Waals surface area contributed by atoms with Crippen LogP contribution < -0.4 is 0 Å². The van der Waals surface area contributed by atoms with E-state index in [9.17, 15) is 14.4 Å². The molecular weight excluding hydrogens is 244 g/mol. The van der Waals surface area contributed by atoms with Crippen molar-refractivity contribution in [3.8, 4) is 0 Å².